The largest absolute Gasteiger partial charge is 0.328 e. The zero-order valence-electron chi connectivity index (χ0n) is 8.88. The molecule has 0 aromatic carbocycles. The van der Waals surface area contributed by atoms with E-state index in [0.29, 0.717) is 6.04 Å². The fraction of sp³-hybridized carbons (Fsp3) is 0.667. The Bertz CT molecular complexity index is 301. The molecule has 1 heterocycles. The molecule has 1 unspecified atom stereocenters. The number of hydrogen-bond acceptors (Lipinski definition) is 2. The van der Waals surface area contributed by atoms with E-state index < -0.39 is 0 Å². The zero-order valence-corrected chi connectivity index (χ0v) is 9.70. The summed E-state index contributed by atoms with van der Waals surface area (Å²) in [6.45, 7) is 2.10. The van der Waals surface area contributed by atoms with Gasteiger partial charge < -0.3 is 5.73 Å². The molecule has 0 radical (unpaired) electrons. The van der Waals surface area contributed by atoms with Crippen molar-refractivity contribution in [1.29, 1.82) is 0 Å². The zero-order chi connectivity index (χ0) is 9.97. The maximum Gasteiger partial charge on any atom is 0.00800 e. The first-order valence-corrected chi connectivity index (χ1v) is 6.49. The molecular weight excluding hydrogens is 190 g/mol. The second-order valence-electron chi connectivity index (χ2n) is 4.39. The summed E-state index contributed by atoms with van der Waals surface area (Å²) < 4.78 is 0. The molecule has 1 aliphatic carbocycles. The van der Waals surface area contributed by atoms with Crippen LogP contribution in [0, 0.1) is 0 Å². The highest BCUT2D eigenvalue weighted by atomic mass is 32.1. The maximum atomic E-state index is 5.79. The standard InChI is InChI=1S/C12H19NS/c1-9(13)6-7-10-8-14-12-5-3-2-4-11(10)12/h8-9H,2-7,13H2,1H3. The van der Waals surface area contributed by atoms with Crippen molar-refractivity contribution in [2.24, 2.45) is 5.73 Å². The predicted molar refractivity (Wildman–Crippen MR) is 62.9 cm³/mol. The minimum atomic E-state index is 0.342. The van der Waals surface area contributed by atoms with Gasteiger partial charge in [-0.1, -0.05) is 0 Å². The van der Waals surface area contributed by atoms with Crippen molar-refractivity contribution in [3.05, 3.63) is 21.4 Å². The van der Waals surface area contributed by atoms with Gasteiger partial charge in [0.2, 0.25) is 0 Å². The van der Waals surface area contributed by atoms with Crippen LogP contribution < -0.4 is 5.73 Å². The Morgan fingerprint density at radius 3 is 3.00 bits per heavy atom. The molecule has 1 aliphatic rings. The van der Waals surface area contributed by atoms with E-state index in [0.717, 1.165) is 6.42 Å². The molecule has 2 heteroatoms. The summed E-state index contributed by atoms with van der Waals surface area (Å²) in [4.78, 5) is 1.65. The highest BCUT2D eigenvalue weighted by Crippen LogP contribution is 2.30. The molecule has 2 N–H and O–H groups in total. The van der Waals surface area contributed by atoms with E-state index >= 15 is 0 Å². The summed E-state index contributed by atoms with van der Waals surface area (Å²) in [5, 5.41) is 2.36. The first kappa shape index (κ1) is 10.2. The fourth-order valence-electron chi connectivity index (χ4n) is 2.15. The Balaban J connectivity index is 2.06. The summed E-state index contributed by atoms with van der Waals surface area (Å²) in [6.07, 6.45) is 7.72. The van der Waals surface area contributed by atoms with Crippen molar-refractivity contribution >= 4 is 11.3 Å². The van der Waals surface area contributed by atoms with Gasteiger partial charge in [-0.15, -0.1) is 11.3 Å². The molecule has 1 nitrogen and oxygen atoms in total. The Morgan fingerprint density at radius 2 is 2.21 bits per heavy atom. The molecular formula is C12H19NS. The van der Waals surface area contributed by atoms with Crippen molar-refractivity contribution in [3.63, 3.8) is 0 Å². The Labute approximate surface area is 90.3 Å². The van der Waals surface area contributed by atoms with Gasteiger partial charge in [-0.3, -0.25) is 0 Å². The average molecular weight is 209 g/mol. The molecule has 0 saturated carbocycles. The normalized spacial score (nSPS) is 17.9. The summed E-state index contributed by atoms with van der Waals surface area (Å²) >= 11 is 1.96. The molecule has 0 amide bonds. The van der Waals surface area contributed by atoms with Gasteiger partial charge in [-0.2, -0.15) is 0 Å². The van der Waals surface area contributed by atoms with Gasteiger partial charge in [0, 0.05) is 10.9 Å². The van der Waals surface area contributed by atoms with Crippen molar-refractivity contribution in [1.82, 2.24) is 0 Å². The highest BCUT2D eigenvalue weighted by Gasteiger charge is 2.15. The van der Waals surface area contributed by atoms with E-state index in [4.69, 9.17) is 5.73 Å². The van der Waals surface area contributed by atoms with E-state index in [1.807, 2.05) is 11.3 Å². The van der Waals surface area contributed by atoms with Gasteiger partial charge in [0.25, 0.3) is 0 Å². The Morgan fingerprint density at radius 1 is 1.43 bits per heavy atom. The number of fused-ring (bicyclic) bond motifs is 1. The van der Waals surface area contributed by atoms with Gasteiger partial charge in [0.1, 0.15) is 0 Å². The minimum Gasteiger partial charge on any atom is -0.328 e. The van der Waals surface area contributed by atoms with E-state index in [-0.39, 0.29) is 0 Å². The van der Waals surface area contributed by atoms with Crippen LogP contribution in [0.25, 0.3) is 0 Å². The quantitative estimate of drug-likeness (QED) is 0.814. The number of aryl methyl sites for hydroxylation is 2. The highest BCUT2D eigenvalue weighted by molar-refractivity contribution is 7.10. The van der Waals surface area contributed by atoms with Gasteiger partial charge >= 0.3 is 0 Å². The van der Waals surface area contributed by atoms with Crippen LogP contribution in [0.1, 0.15) is 42.2 Å². The van der Waals surface area contributed by atoms with Crippen LogP contribution in [0.15, 0.2) is 5.38 Å². The summed E-state index contributed by atoms with van der Waals surface area (Å²) in [5.74, 6) is 0. The van der Waals surface area contributed by atoms with Crippen LogP contribution in [-0.4, -0.2) is 6.04 Å². The van der Waals surface area contributed by atoms with Crippen LogP contribution in [0.3, 0.4) is 0 Å². The van der Waals surface area contributed by atoms with Crippen LogP contribution in [0.2, 0.25) is 0 Å². The maximum absolute atomic E-state index is 5.79. The lowest BCUT2D eigenvalue weighted by Gasteiger charge is -2.13. The molecule has 14 heavy (non-hydrogen) atoms. The van der Waals surface area contributed by atoms with Gasteiger partial charge in [-0.05, 0) is 62.0 Å². The number of hydrogen-bond donors (Lipinski definition) is 1. The third kappa shape index (κ3) is 2.18. The number of nitrogens with two attached hydrogens (primary N) is 1. The van der Waals surface area contributed by atoms with E-state index in [2.05, 4.69) is 12.3 Å². The molecule has 2 rings (SSSR count). The first-order valence-electron chi connectivity index (χ1n) is 5.61. The molecule has 0 fully saturated rings. The number of rotatable bonds is 3. The molecule has 1 atom stereocenters. The molecule has 0 saturated heterocycles. The third-order valence-corrected chi connectivity index (χ3v) is 4.15. The Hall–Kier alpha value is -0.340. The first-order chi connectivity index (χ1) is 6.77. The molecule has 1 aromatic rings. The second-order valence-corrected chi connectivity index (χ2v) is 5.35. The monoisotopic (exact) mass is 209 g/mol. The Kier molecular flexibility index (Phi) is 3.24. The lowest BCUT2D eigenvalue weighted by atomic mass is 9.93. The topological polar surface area (TPSA) is 26.0 Å². The molecule has 1 aromatic heterocycles. The van der Waals surface area contributed by atoms with E-state index in [9.17, 15) is 0 Å². The van der Waals surface area contributed by atoms with Crippen LogP contribution >= 0.6 is 11.3 Å². The van der Waals surface area contributed by atoms with Gasteiger partial charge in [0.05, 0.1) is 0 Å². The van der Waals surface area contributed by atoms with Crippen molar-refractivity contribution in [3.8, 4) is 0 Å². The lowest BCUT2D eigenvalue weighted by molar-refractivity contribution is 0.651. The molecule has 0 bridgehead atoms. The van der Waals surface area contributed by atoms with E-state index in [1.54, 1.807) is 16.0 Å². The summed E-state index contributed by atoms with van der Waals surface area (Å²) in [7, 11) is 0. The summed E-state index contributed by atoms with van der Waals surface area (Å²) in [6, 6.07) is 0.342. The fourth-order valence-corrected chi connectivity index (χ4v) is 3.34. The van der Waals surface area contributed by atoms with Crippen LogP contribution in [0.5, 0.6) is 0 Å². The van der Waals surface area contributed by atoms with Crippen LogP contribution in [0.4, 0.5) is 0 Å². The van der Waals surface area contributed by atoms with Gasteiger partial charge in [-0.25, -0.2) is 0 Å². The van der Waals surface area contributed by atoms with Crippen molar-refractivity contribution in [2.45, 2.75) is 51.5 Å². The predicted octanol–water partition coefficient (Wildman–Crippen LogP) is 2.91. The average Bonchev–Trinajstić information content (AvgIpc) is 2.58. The third-order valence-electron chi connectivity index (χ3n) is 3.02. The van der Waals surface area contributed by atoms with Crippen molar-refractivity contribution in [2.75, 3.05) is 0 Å². The molecule has 0 spiro atoms. The summed E-state index contributed by atoms with van der Waals surface area (Å²) in [5.41, 5.74) is 9.04. The minimum absolute atomic E-state index is 0.342. The SMILES string of the molecule is CC(N)CCc1csc2c1CCCC2. The van der Waals surface area contributed by atoms with E-state index in [1.165, 1.54) is 32.1 Å². The van der Waals surface area contributed by atoms with Crippen LogP contribution in [-0.2, 0) is 19.3 Å². The second kappa shape index (κ2) is 4.45. The number of thiophene rings is 1. The smallest absolute Gasteiger partial charge is 0.00800 e. The van der Waals surface area contributed by atoms with Gasteiger partial charge in [0.15, 0.2) is 0 Å². The molecule has 78 valence electrons. The molecule has 0 aliphatic heterocycles. The lowest BCUT2D eigenvalue weighted by Crippen LogP contribution is -2.15. The van der Waals surface area contributed by atoms with Crippen molar-refractivity contribution < 1.29 is 0 Å².